The van der Waals surface area contributed by atoms with Crippen LogP contribution in [0, 0.1) is 0 Å². The van der Waals surface area contributed by atoms with Crippen molar-refractivity contribution in [3.63, 3.8) is 0 Å². The number of esters is 1. The lowest BCUT2D eigenvalue weighted by molar-refractivity contribution is -0.160. The minimum absolute atomic E-state index is 0.227. The maximum absolute atomic E-state index is 11.9. The Morgan fingerprint density at radius 1 is 1.39 bits per heavy atom. The van der Waals surface area contributed by atoms with Crippen LogP contribution in [-0.4, -0.2) is 29.9 Å². The van der Waals surface area contributed by atoms with Crippen LogP contribution in [0.15, 0.2) is 17.5 Å². The van der Waals surface area contributed by atoms with E-state index in [-0.39, 0.29) is 6.61 Å². The van der Waals surface area contributed by atoms with Gasteiger partial charge in [0.25, 0.3) is 0 Å². The predicted octanol–water partition coefficient (Wildman–Crippen LogP) is 2.44. The normalized spacial score (nSPS) is 10.1. The minimum Gasteiger partial charge on any atom is -0.459 e. The van der Waals surface area contributed by atoms with Gasteiger partial charge in [0.15, 0.2) is 0 Å². The molecule has 5 heteroatoms. The Morgan fingerprint density at radius 2 is 2.17 bits per heavy atom. The van der Waals surface area contributed by atoms with Crippen molar-refractivity contribution in [1.29, 1.82) is 0 Å². The first kappa shape index (κ1) is 14.7. The first-order valence-corrected chi connectivity index (χ1v) is 7.05. The zero-order valence-electron chi connectivity index (χ0n) is 10.8. The van der Waals surface area contributed by atoms with E-state index in [2.05, 4.69) is 6.92 Å². The lowest BCUT2D eigenvalue weighted by Gasteiger charge is -2.20. The molecule has 1 aromatic rings. The highest BCUT2D eigenvalue weighted by molar-refractivity contribution is 7.09. The lowest BCUT2D eigenvalue weighted by Crippen LogP contribution is -2.37. The van der Waals surface area contributed by atoms with Crippen LogP contribution in [0.1, 0.15) is 31.6 Å². The van der Waals surface area contributed by atoms with Crippen LogP contribution < -0.4 is 0 Å². The Labute approximate surface area is 112 Å². The molecule has 0 spiro atoms. The van der Waals surface area contributed by atoms with E-state index in [9.17, 15) is 9.59 Å². The van der Waals surface area contributed by atoms with Gasteiger partial charge in [0.05, 0.1) is 13.2 Å². The van der Waals surface area contributed by atoms with Crippen LogP contribution in [0.25, 0.3) is 0 Å². The Bertz CT molecular complexity index is 376. The fourth-order valence-electron chi connectivity index (χ4n) is 1.51. The summed E-state index contributed by atoms with van der Waals surface area (Å²) in [4.78, 5) is 26.0. The molecule has 1 amide bonds. The van der Waals surface area contributed by atoms with Crippen LogP contribution in [0.2, 0.25) is 0 Å². The summed E-state index contributed by atoms with van der Waals surface area (Å²) in [5, 5.41) is 1.96. The first-order valence-electron chi connectivity index (χ1n) is 6.17. The Morgan fingerprint density at radius 3 is 2.72 bits per heavy atom. The summed E-state index contributed by atoms with van der Waals surface area (Å²) in [5.41, 5.74) is 0. The number of amides is 1. The van der Waals surface area contributed by atoms with Crippen molar-refractivity contribution >= 4 is 23.2 Å². The molecule has 0 unspecified atom stereocenters. The van der Waals surface area contributed by atoms with Gasteiger partial charge in [-0.3, -0.25) is 4.79 Å². The van der Waals surface area contributed by atoms with E-state index in [1.807, 2.05) is 17.5 Å². The summed E-state index contributed by atoms with van der Waals surface area (Å²) in [6.07, 6.45) is 1.87. The summed E-state index contributed by atoms with van der Waals surface area (Å²) >= 11 is 1.58. The van der Waals surface area contributed by atoms with E-state index < -0.39 is 11.9 Å². The van der Waals surface area contributed by atoms with Crippen molar-refractivity contribution in [3.8, 4) is 0 Å². The van der Waals surface area contributed by atoms with E-state index in [4.69, 9.17) is 4.74 Å². The number of rotatable bonds is 6. The Kier molecular flexibility index (Phi) is 6.43. The molecule has 0 bridgehead atoms. The number of hydrogen-bond donors (Lipinski definition) is 0. The van der Waals surface area contributed by atoms with Gasteiger partial charge in [-0.05, 0) is 24.8 Å². The topological polar surface area (TPSA) is 46.6 Å². The lowest BCUT2D eigenvalue weighted by atomic mass is 10.3. The molecule has 0 saturated heterocycles. The number of nitrogens with zero attached hydrogens (tertiary/aromatic N) is 1. The van der Waals surface area contributed by atoms with Crippen molar-refractivity contribution in [3.05, 3.63) is 22.4 Å². The second-order valence-corrected chi connectivity index (χ2v) is 4.91. The SMILES string of the molecule is CCCCN(Cc1cccs1)C(=O)C(=O)OCC. The second kappa shape index (κ2) is 7.87. The molecule has 0 atom stereocenters. The van der Waals surface area contributed by atoms with Gasteiger partial charge in [0, 0.05) is 11.4 Å². The smallest absolute Gasteiger partial charge is 0.397 e. The number of thiophene rings is 1. The maximum Gasteiger partial charge on any atom is 0.397 e. The van der Waals surface area contributed by atoms with E-state index in [0.29, 0.717) is 13.1 Å². The largest absolute Gasteiger partial charge is 0.459 e. The Balaban J connectivity index is 2.64. The van der Waals surface area contributed by atoms with E-state index >= 15 is 0 Å². The highest BCUT2D eigenvalue weighted by Crippen LogP contribution is 2.13. The molecule has 1 aromatic heterocycles. The molecule has 0 aromatic carbocycles. The number of ether oxygens (including phenoxy) is 1. The molecule has 100 valence electrons. The average Bonchev–Trinajstić information content (AvgIpc) is 2.86. The maximum atomic E-state index is 11.9. The van der Waals surface area contributed by atoms with Gasteiger partial charge in [-0.2, -0.15) is 0 Å². The van der Waals surface area contributed by atoms with Crippen LogP contribution >= 0.6 is 11.3 Å². The third-order valence-electron chi connectivity index (χ3n) is 2.45. The van der Waals surface area contributed by atoms with Gasteiger partial charge in [0.1, 0.15) is 0 Å². The van der Waals surface area contributed by atoms with Gasteiger partial charge >= 0.3 is 11.9 Å². The molecule has 0 saturated carbocycles. The van der Waals surface area contributed by atoms with Crippen LogP contribution in [0.5, 0.6) is 0 Å². The number of carbonyl (C=O) groups is 2. The summed E-state index contributed by atoms with van der Waals surface area (Å²) < 4.78 is 4.76. The summed E-state index contributed by atoms with van der Waals surface area (Å²) in [6, 6.07) is 3.90. The highest BCUT2D eigenvalue weighted by atomic mass is 32.1. The average molecular weight is 269 g/mol. The van der Waals surface area contributed by atoms with Crippen LogP contribution in [-0.2, 0) is 20.9 Å². The van der Waals surface area contributed by atoms with Crippen molar-refractivity contribution in [2.75, 3.05) is 13.2 Å². The van der Waals surface area contributed by atoms with Gasteiger partial charge in [-0.25, -0.2) is 4.79 Å². The van der Waals surface area contributed by atoms with Crippen LogP contribution in [0.3, 0.4) is 0 Å². The van der Waals surface area contributed by atoms with Crippen molar-refractivity contribution < 1.29 is 14.3 Å². The Hall–Kier alpha value is -1.36. The zero-order chi connectivity index (χ0) is 13.4. The molecular formula is C13H19NO3S. The quantitative estimate of drug-likeness (QED) is 0.588. The van der Waals surface area contributed by atoms with E-state index in [1.54, 1.807) is 23.2 Å². The summed E-state index contributed by atoms with van der Waals surface area (Å²) in [6.45, 7) is 5.05. The number of unbranched alkanes of at least 4 members (excludes halogenated alkanes) is 1. The van der Waals surface area contributed by atoms with Gasteiger partial charge in [-0.1, -0.05) is 19.4 Å². The number of hydrogen-bond acceptors (Lipinski definition) is 4. The van der Waals surface area contributed by atoms with Gasteiger partial charge in [-0.15, -0.1) is 11.3 Å². The van der Waals surface area contributed by atoms with Crippen molar-refractivity contribution in [2.45, 2.75) is 33.2 Å². The standard InChI is InChI=1S/C13H19NO3S/c1-3-5-8-14(10-11-7-6-9-18-11)12(15)13(16)17-4-2/h6-7,9H,3-5,8,10H2,1-2H3. The predicted molar refractivity (Wildman–Crippen MR) is 71.3 cm³/mol. The van der Waals surface area contributed by atoms with E-state index in [1.165, 1.54) is 0 Å². The molecule has 0 N–H and O–H groups in total. The van der Waals surface area contributed by atoms with Gasteiger partial charge < -0.3 is 9.64 Å². The third-order valence-corrected chi connectivity index (χ3v) is 3.31. The van der Waals surface area contributed by atoms with Crippen molar-refractivity contribution in [2.24, 2.45) is 0 Å². The fraction of sp³-hybridized carbons (Fsp3) is 0.538. The summed E-state index contributed by atoms with van der Waals surface area (Å²) in [5.74, 6) is -1.30. The molecule has 0 aliphatic rings. The van der Waals surface area contributed by atoms with Gasteiger partial charge in [0.2, 0.25) is 0 Å². The van der Waals surface area contributed by atoms with Crippen molar-refractivity contribution in [1.82, 2.24) is 4.90 Å². The molecule has 4 nitrogen and oxygen atoms in total. The monoisotopic (exact) mass is 269 g/mol. The molecule has 0 fully saturated rings. The molecule has 1 heterocycles. The molecule has 0 aliphatic carbocycles. The number of carbonyl (C=O) groups excluding carboxylic acids is 2. The molecule has 18 heavy (non-hydrogen) atoms. The van der Waals surface area contributed by atoms with E-state index in [0.717, 1.165) is 17.7 Å². The second-order valence-electron chi connectivity index (χ2n) is 3.88. The fourth-order valence-corrected chi connectivity index (χ4v) is 2.23. The van der Waals surface area contributed by atoms with Crippen LogP contribution in [0.4, 0.5) is 0 Å². The molecule has 1 rings (SSSR count). The zero-order valence-corrected chi connectivity index (χ0v) is 11.7. The first-order chi connectivity index (χ1) is 8.69. The minimum atomic E-state index is -0.759. The molecule has 0 radical (unpaired) electrons. The molecular weight excluding hydrogens is 250 g/mol. The third kappa shape index (κ3) is 4.49. The summed E-state index contributed by atoms with van der Waals surface area (Å²) in [7, 11) is 0. The highest BCUT2D eigenvalue weighted by Gasteiger charge is 2.22. The molecule has 0 aliphatic heterocycles.